The lowest BCUT2D eigenvalue weighted by molar-refractivity contribution is -0.0778. The molecule has 43 heavy (non-hydrogen) atoms. The van der Waals surface area contributed by atoms with Crippen LogP contribution in [0.1, 0.15) is 13.8 Å². The number of para-hydroxylation sites is 4. The third-order valence-corrected chi connectivity index (χ3v) is 8.39. The minimum atomic E-state index is -0.871. The fourth-order valence-electron chi connectivity index (χ4n) is 6.49. The predicted octanol–water partition coefficient (Wildman–Crippen LogP) is 11.0. The fraction of sp³-hybridized carbons (Fsp3) is 0.0769. The smallest absolute Gasteiger partial charge is 0.245 e. The molecule has 0 amide bonds. The van der Waals surface area contributed by atoms with Crippen LogP contribution in [0.4, 0.5) is 0 Å². The van der Waals surface area contributed by atoms with Crippen LogP contribution in [0.5, 0.6) is 11.5 Å². The van der Waals surface area contributed by atoms with Crippen LogP contribution in [0.2, 0.25) is 0 Å². The van der Waals surface area contributed by atoms with Gasteiger partial charge in [-0.1, -0.05) is 84.9 Å². The second-order valence-corrected chi connectivity index (χ2v) is 11.6. The Morgan fingerprint density at radius 2 is 0.953 bits per heavy atom. The van der Waals surface area contributed by atoms with Crippen LogP contribution in [0.25, 0.3) is 77.3 Å². The molecule has 0 bridgehead atoms. The van der Waals surface area contributed by atoms with Crippen LogP contribution in [0, 0.1) is 0 Å². The van der Waals surface area contributed by atoms with Crippen molar-refractivity contribution in [1.82, 2.24) is 0 Å². The van der Waals surface area contributed by atoms with Gasteiger partial charge in [0.1, 0.15) is 33.8 Å². The molecule has 0 saturated carbocycles. The average Bonchev–Trinajstić information content (AvgIpc) is 3.56. The number of fused-ring (bicyclic) bond motifs is 9. The number of hydrogen-bond donors (Lipinski definition) is 0. The molecule has 0 N–H and O–H groups in total. The van der Waals surface area contributed by atoms with Gasteiger partial charge < -0.3 is 18.3 Å². The Bertz CT molecular complexity index is 2390. The SMILES string of the molecule is CC1(C)Oc2cc(-c3cccc4c3oc3ccccc34)ccc2-c2cc(-c3cccc4c3oc3ccccc34)ccc2O1. The van der Waals surface area contributed by atoms with Crippen molar-refractivity contribution in [3.8, 4) is 44.9 Å². The molecule has 8 aromatic rings. The predicted molar refractivity (Wildman–Crippen MR) is 173 cm³/mol. The molecular weight excluding hydrogens is 532 g/mol. The molecule has 3 heterocycles. The van der Waals surface area contributed by atoms with E-state index in [1.54, 1.807) is 0 Å². The highest BCUT2D eigenvalue weighted by Crippen LogP contribution is 2.47. The summed E-state index contributed by atoms with van der Waals surface area (Å²) in [6, 6.07) is 41.6. The van der Waals surface area contributed by atoms with Gasteiger partial charge in [0.25, 0.3) is 0 Å². The summed E-state index contributed by atoms with van der Waals surface area (Å²) in [5.74, 6) is 0.662. The van der Waals surface area contributed by atoms with E-state index in [0.29, 0.717) is 0 Å². The molecule has 0 aliphatic carbocycles. The van der Waals surface area contributed by atoms with Gasteiger partial charge in [0.05, 0.1) is 0 Å². The number of hydrogen-bond acceptors (Lipinski definition) is 4. The first-order valence-corrected chi connectivity index (χ1v) is 14.5. The van der Waals surface area contributed by atoms with Crippen LogP contribution in [0.15, 0.2) is 130 Å². The molecule has 0 atom stereocenters. The van der Waals surface area contributed by atoms with Crippen molar-refractivity contribution in [1.29, 1.82) is 0 Å². The number of benzene rings is 6. The van der Waals surface area contributed by atoms with Gasteiger partial charge in [-0.25, -0.2) is 0 Å². The molecule has 206 valence electrons. The zero-order valence-electron chi connectivity index (χ0n) is 23.7. The van der Waals surface area contributed by atoms with Gasteiger partial charge in [0, 0.05) is 57.6 Å². The van der Waals surface area contributed by atoms with Gasteiger partial charge in [0.15, 0.2) is 0 Å². The average molecular weight is 559 g/mol. The highest BCUT2D eigenvalue weighted by atomic mass is 16.7. The van der Waals surface area contributed by atoms with E-state index >= 15 is 0 Å². The van der Waals surface area contributed by atoms with Gasteiger partial charge in [-0.05, 0) is 47.5 Å². The molecule has 9 rings (SSSR count). The summed E-state index contributed by atoms with van der Waals surface area (Å²) in [7, 11) is 0. The standard InChI is InChI=1S/C39H26O4/c1-39(2)42-35-20-18-23(25-11-7-13-30-27-9-3-5-15-33(27)40-37(25)30)21-32(35)29-19-17-24(22-36(29)43-39)26-12-8-14-31-28-10-4-6-16-34(28)41-38(26)31/h3-22H,1-2H3. The third-order valence-electron chi connectivity index (χ3n) is 8.39. The molecule has 6 aromatic carbocycles. The largest absolute Gasteiger partial charge is 0.455 e. The lowest BCUT2D eigenvalue weighted by atomic mass is 9.94. The van der Waals surface area contributed by atoms with E-state index in [4.69, 9.17) is 18.3 Å². The second-order valence-electron chi connectivity index (χ2n) is 11.6. The van der Waals surface area contributed by atoms with Gasteiger partial charge in [-0.2, -0.15) is 0 Å². The van der Waals surface area contributed by atoms with E-state index in [1.807, 2.05) is 56.3 Å². The summed E-state index contributed by atoms with van der Waals surface area (Å²) >= 11 is 0. The minimum absolute atomic E-state index is 0.758. The van der Waals surface area contributed by atoms with Crippen LogP contribution < -0.4 is 9.47 Å². The monoisotopic (exact) mass is 558 g/mol. The molecule has 1 aliphatic rings. The van der Waals surface area contributed by atoms with Crippen molar-refractivity contribution in [2.75, 3.05) is 0 Å². The fourth-order valence-corrected chi connectivity index (χ4v) is 6.49. The topological polar surface area (TPSA) is 44.7 Å². The van der Waals surface area contributed by atoms with Crippen molar-refractivity contribution in [3.05, 3.63) is 121 Å². The highest BCUT2D eigenvalue weighted by Gasteiger charge is 2.30. The summed E-state index contributed by atoms with van der Waals surface area (Å²) in [5, 5.41) is 4.43. The molecular formula is C39H26O4. The highest BCUT2D eigenvalue weighted by molar-refractivity contribution is 6.11. The minimum Gasteiger partial charge on any atom is -0.455 e. The quantitative estimate of drug-likeness (QED) is 0.212. The summed E-state index contributed by atoms with van der Waals surface area (Å²) in [6.45, 7) is 3.89. The Hall–Kier alpha value is -5.48. The van der Waals surface area contributed by atoms with E-state index in [1.165, 1.54) is 0 Å². The normalized spacial score (nSPS) is 13.9. The second kappa shape index (κ2) is 8.76. The molecule has 0 spiro atoms. The zero-order chi connectivity index (χ0) is 28.7. The molecule has 0 fully saturated rings. The Labute approximate surface area is 247 Å². The van der Waals surface area contributed by atoms with Crippen LogP contribution >= 0.6 is 0 Å². The van der Waals surface area contributed by atoms with Gasteiger partial charge >= 0.3 is 0 Å². The van der Waals surface area contributed by atoms with Gasteiger partial charge in [0.2, 0.25) is 5.79 Å². The molecule has 0 unspecified atom stereocenters. The lowest BCUT2D eigenvalue weighted by Gasteiger charge is -2.25. The molecule has 1 aliphatic heterocycles. The van der Waals surface area contributed by atoms with E-state index in [-0.39, 0.29) is 0 Å². The van der Waals surface area contributed by atoms with Crippen molar-refractivity contribution >= 4 is 43.9 Å². The summed E-state index contributed by atoms with van der Waals surface area (Å²) in [6.07, 6.45) is 0. The van der Waals surface area contributed by atoms with Crippen molar-refractivity contribution in [2.45, 2.75) is 19.6 Å². The molecule has 0 radical (unpaired) electrons. The maximum Gasteiger partial charge on any atom is 0.245 e. The molecule has 4 heteroatoms. The number of rotatable bonds is 2. The van der Waals surface area contributed by atoms with Crippen LogP contribution in [-0.2, 0) is 0 Å². The first kappa shape index (κ1) is 24.2. The van der Waals surface area contributed by atoms with Crippen molar-refractivity contribution < 1.29 is 18.3 Å². The number of ether oxygens (including phenoxy) is 2. The first-order chi connectivity index (χ1) is 21.0. The maximum absolute atomic E-state index is 6.54. The molecule has 2 aromatic heterocycles. The lowest BCUT2D eigenvalue weighted by Crippen LogP contribution is -2.34. The van der Waals surface area contributed by atoms with E-state index < -0.39 is 5.79 Å². The zero-order valence-corrected chi connectivity index (χ0v) is 23.7. The first-order valence-electron chi connectivity index (χ1n) is 14.5. The van der Waals surface area contributed by atoms with Crippen LogP contribution in [-0.4, -0.2) is 5.79 Å². The summed E-state index contributed by atoms with van der Waals surface area (Å²) < 4.78 is 25.7. The summed E-state index contributed by atoms with van der Waals surface area (Å²) in [5.41, 5.74) is 9.59. The van der Waals surface area contributed by atoms with Gasteiger partial charge in [-0.15, -0.1) is 0 Å². The molecule has 4 nitrogen and oxygen atoms in total. The number of furan rings is 2. The van der Waals surface area contributed by atoms with E-state index in [2.05, 4.69) is 78.9 Å². The maximum atomic E-state index is 6.54. The van der Waals surface area contributed by atoms with Crippen LogP contribution in [0.3, 0.4) is 0 Å². The van der Waals surface area contributed by atoms with Gasteiger partial charge in [-0.3, -0.25) is 0 Å². The summed E-state index contributed by atoms with van der Waals surface area (Å²) in [4.78, 5) is 0. The van der Waals surface area contributed by atoms with E-state index in [9.17, 15) is 0 Å². The third kappa shape index (κ3) is 3.70. The van der Waals surface area contributed by atoms with E-state index in [0.717, 1.165) is 88.8 Å². The Kier molecular flexibility index (Phi) is 4.92. The van der Waals surface area contributed by atoms with Crippen molar-refractivity contribution in [2.24, 2.45) is 0 Å². The Morgan fingerprint density at radius 1 is 0.419 bits per heavy atom. The Morgan fingerprint density at radius 3 is 1.60 bits per heavy atom. The van der Waals surface area contributed by atoms with Crippen molar-refractivity contribution in [3.63, 3.8) is 0 Å². The Balaban J connectivity index is 1.22. The molecule has 0 saturated heterocycles.